The summed E-state index contributed by atoms with van der Waals surface area (Å²) >= 11 is 0. The second-order valence-corrected chi connectivity index (χ2v) is 7.00. The Morgan fingerprint density at radius 1 is 1.04 bits per heavy atom. The lowest BCUT2D eigenvalue weighted by Crippen LogP contribution is -2.22. The molecule has 6 nitrogen and oxygen atoms in total. The van der Waals surface area contributed by atoms with Gasteiger partial charge in [-0.1, -0.05) is 13.8 Å². The van der Waals surface area contributed by atoms with Crippen LogP contribution in [-0.4, -0.2) is 30.1 Å². The number of imidazole rings is 1. The first-order valence-electron chi connectivity index (χ1n) is 8.12. The van der Waals surface area contributed by atoms with E-state index in [-0.39, 0.29) is 5.41 Å². The minimum absolute atomic E-state index is 0.385. The second kappa shape index (κ2) is 5.12. The number of rotatable bonds is 3. The number of H-pyrrole nitrogens is 2. The van der Waals surface area contributed by atoms with E-state index in [9.17, 15) is 0 Å². The van der Waals surface area contributed by atoms with Crippen LogP contribution in [-0.2, 0) is 5.41 Å². The molecule has 0 unspecified atom stereocenters. The van der Waals surface area contributed by atoms with Gasteiger partial charge in [0, 0.05) is 11.9 Å². The molecule has 0 bridgehead atoms. The zero-order chi connectivity index (χ0) is 16.9. The largest absolute Gasteiger partial charge is 0.360 e. The zero-order valence-electron chi connectivity index (χ0n) is 14.3. The maximum Gasteiger partial charge on any atom is 0.119 e. The monoisotopic (exact) mass is 320 g/mol. The van der Waals surface area contributed by atoms with E-state index in [1.807, 2.05) is 24.5 Å². The third-order valence-corrected chi connectivity index (χ3v) is 4.52. The Balaban J connectivity index is 1.81. The molecule has 4 aromatic heterocycles. The van der Waals surface area contributed by atoms with Crippen molar-refractivity contribution < 1.29 is 0 Å². The lowest BCUT2D eigenvalue weighted by atomic mass is 9.88. The number of aromatic amines is 2. The average Bonchev–Trinajstić information content (AvgIpc) is 3.19. The summed E-state index contributed by atoms with van der Waals surface area (Å²) in [5, 5.41) is 8.69. The van der Waals surface area contributed by atoms with Crippen LogP contribution in [0.3, 0.4) is 0 Å². The molecule has 2 N–H and O–H groups in total. The second-order valence-electron chi connectivity index (χ2n) is 7.00. The van der Waals surface area contributed by atoms with Gasteiger partial charge in [-0.2, -0.15) is 5.10 Å². The van der Waals surface area contributed by atoms with Crippen molar-refractivity contribution in [1.29, 1.82) is 0 Å². The summed E-state index contributed by atoms with van der Waals surface area (Å²) in [7, 11) is 0. The van der Waals surface area contributed by atoms with Crippen LogP contribution >= 0.6 is 0 Å². The van der Waals surface area contributed by atoms with Gasteiger partial charge in [0.1, 0.15) is 16.9 Å². The van der Waals surface area contributed by atoms with Gasteiger partial charge in [-0.05, 0) is 38.0 Å². The van der Waals surface area contributed by atoms with Crippen LogP contribution in [0.4, 0.5) is 0 Å². The standard InChI is InChI=1S/C18H20N6/c1-10(2)12-7-14-15(9-20-12)22-17(21-14)18(3,4)16-8-13-11(23-24-16)5-6-19-13/h5-10,19H,1-4H3,(H,21,22). The van der Waals surface area contributed by atoms with Crippen LogP contribution in [0.2, 0.25) is 0 Å². The molecule has 122 valence electrons. The number of pyridine rings is 1. The maximum absolute atomic E-state index is 4.73. The molecule has 0 atom stereocenters. The highest BCUT2D eigenvalue weighted by Gasteiger charge is 2.29. The Hall–Kier alpha value is -2.76. The van der Waals surface area contributed by atoms with E-state index in [1.165, 1.54) is 0 Å². The molecule has 0 spiro atoms. The molecule has 0 aliphatic carbocycles. The van der Waals surface area contributed by atoms with E-state index >= 15 is 0 Å². The fraction of sp³-hybridized carbons (Fsp3) is 0.333. The van der Waals surface area contributed by atoms with Crippen LogP contribution in [0.1, 0.15) is 50.8 Å². The zero-order valence-corrected chi connectivity index (χ0v) is 14.3. The van der Waals surface area contributed by atoms with E-state index in [2.05, 4.69) is 58.9 Å². The Bertz CT molecular complexity index is 1020. The van der Waals surface area contributed by atoms with E-state index < -0.39 is 0 Å². The molecule has 0 aromatic carbocycles. The number of hydrogen-bond donors (Lipinski definition) is 2. The highest BCUT2D eigenvalue weighted by atomic mass is 15.1. The fourth-order valence-electron chi connectivity index (χ4n) is 2.82. The highest BCUT2D eigenvalue weighted by molar-refractivity contribution is 5.76. The number of hydrogen-bond acceptors (Lipinski definition) is 4. The summed E-state index contributed by atoms with van der Waals surface area (Å²) in [4.78, 5) is 15.9. The first-order valence-corrected chi connectivity index (χ1v) is 8.12. The summed E-state index contributed by atoms with van der Waals surface area (Å²) in [5.41, 5.74) is 5.26. The number of aromatic nitrogens is 6. The third kappa shape index (κ3) is 2.26. The van der Waals surface area contributed by atoms with Crippen molar-refractivity contribution in [1.82, 2.24) is 30.1 Å². The Kier molecular flexibility index (Phi) is 3.16. The van der Waals surface area contributed by atoms with Crippen LogP contribution in [0.25, 0.3) is 22.1 Å². The molecule has 0 amide bonds. The van der Waals surface area contributed by atoms with E-state index in [0.717, 1.165) is 39.3 Å². The van der Waals surface area contributed by atoms with E-state index in [4.69, 9.17) is 4.98 Å². The van der Waals surface area contributed by atoms with Gasteiger partial charge in [-0.15, -0.1) is 5.10 Å². The van der Waals surface area contributed by atoms with Crippen molar-refractivity contribution in [2.45, 2.75) is 39.0 Å². The van der Waals surface area contributed by atoms with Crippen LogP contribution in [0.15, 0.2) is 30.6 Å². The van der Waals surface area contributed by atoms with E-state index in [1.54, 1.807) is 0 Å². The van der Waals surface area contributed by atoms with Crippen molar-refractivity contribution in [2.75, 3.05) is 0 Å². The van der Waals surface area contributed by atoms with Crippen LogP contribution in [0.5, 0.6) is 0 Å². The van der Waals surface area contributed by atoms with Gasteiger partial charge in [0.15, 0.2) is 0 Å². The number of nitrogens with one attached hydrogen (secondary N) is 2. The predicted octanol–water partition coefficient (Wildman–Crippen LogP) is 3.68. The third-order valence-electron chi connectivity index (χ3n) is 4.52. The minimum Gasteiger partial charge on any atom is -0.360 e. The molecule has 0 saturated heterocycles. The normalized spacial score (nSPS) is 12.5. The summed E-state index contributed by atoms with van der Waals surface area (Å²) in [6.07, 6.45) is 3.71. The summed E-state index contributed by atoms with van der Waals surface area (Å²) in [6, 6.07) is 6.03. The average molecular weight is 320 g/mol. The molecule has 0 saturated carbocycles. The molecule has 0 aliphatic rings. The van der Waals surface area contributed by atoms with Crippen molar-refractivity contribution in [3.63, 3.8) is 0 Å². The van der Waals surface area contributed by atoms with Crippen LogP contribution in [0, 0.1) is 0 Å². The van der Waals surface area contributed by atoms with Gasteiger partial charge >= 0.3 is 0 Å². The van der Waals surface area contributed by atoms with Crippen molar-refractivity contribution in [3.05, 3.63) is 47.8 Å². The van der Waals surface area contributed by atoms with Gasteiger partial charge in [0.25, 0.3) is 0 Å². The molecule has 0 aliphatic heterocycles. The quantitative estimate of drug-likeness (QED) is 0.603. The molecule has 6 heteroatoms. The summed E-state index contributed by atoms with van der Waals surface area (Å²) in [5.74, 6) is 1.25. The van der Waals surface area contributed by atoms with Gasteiger partial charge in [0.05, 0.1) is 28.3 Å². The SMILES string of the molecule is CC(C)c1cc2[nH]c(C(C)(C)c3cc4[nH]ccc4nn3)nc2cn1. The van der Waals surface area contributed by atoms with Gasteiger partial charge < -0.3 is 9.97 Å². The van der Waals surface area contributed by atoms with Crippen molar-refractivity contribution >= 4 is 22.1 Å². The van der Waals surface area contributed by atoms with Crippen molar-refractivity contribution in [2.24, 2.45) is 0 Å². The molecule has 0 fully saturated rings. The summed E-state index contributed by atoms with van der Waals surface area (Å²) in [6.45, 7) is 8.47. The molecule has 4 heterocycles. The number of nitrogens with zero attached hydrogens (tertiary/aromatic N) is 4. The van der Waals surface area contributed by atoms with Crippen LogP contribution < -0.4 is 0 Å². The smallest absolute Gasteiger partial charge is 0.119 e. The van der Waals surface area contributed by atoms with Crippen molar-refractivity contribution in [3.8, 4) is 0 Å². The molecule has 4 aromatic rings. The predicted molar refractivity (Wildman–Crippen MR) is 94.0 cm³/mol. The lowest BCUT2D eigenvalue weighted by Gasteiger charge is -2.20. The minimum atomic E-state index is -0.386. The Labute approximate surface area is 139 Å². The highest BCUT2D eigenvalue weighted by Crippen LogP contribution is 2.30. The van der Waals surface area contributed by atoms with E-state index in [0.29, 0.717) is 5.92 Å². The topological polar surface area (TPSA) is 83.1 Å². The molecule has 24 heavy (non-hydrogen) atoms. The number of fused-ring (bicyclic) bond motifs is 2. The fourth-order valence-corrected chi connectivity index (χ4v) is 2.82. The van der Waals surface area contributed by atoms with Gasteiger partial charge in [-0.3, -0.25) is 4.98 Å². The van der Waals surface area contributed by atoms with Gasteiger partial charge in [0.2, 0.25) is 0 Å². The molecule has 4 rings (SSSR count). The Morgan fingerprint density at radius 2 is 1.88 bits per heavy atom. The van der Waals surface area contributed by atoms with Gasteiger partial charge in [-0.25, -0.2) is 4.98 Å². The molecular weight excluding hydrogens is 300 g/mol. The Morgan fingerprint density at radius 3 is 2.67 bits per heavy atom. The molecule has 0 radical (unpaired) electrons. The summed E-state index contributed by atoms with van der Waals surface area (Å²) < 4.78 is 0. The lowest BCUT2D eigenvalue weighted by molar-refractivity contribution is 0.573. The first-order chi connectivity index (χ1) is 11.4. The molecular formula is C18H20N6. The maximum atomic E-state index is 4.73. The first kappa shape index (κ1) is 14.8.